The second-order valence-corrected chi connectivity index (χ2v) is 8.15. The average Bonchev–Trinajstić information content (AvgIpc) is 2.88. The van der Waals surface area contributed by atoms with Gasteiger partial charge in [0.25, 0.3) is 0 Å². The molecule has 0 saturated carbocycles. The van der Waals surface area contributed by atoms with Crippen LogP contribution < -0.4 is 20.5 Å². The Kier molecular flexibility index (Phi) is 6.29. The fourth-order valence-corrected chi connectivity index (χ4v) is 4.22. The molecule has 1 aliphatic heterocycles. The molecule has 3 N–H and O–H groups in total. The van der Waals surface area contributed by atoms with Gasteiger partial charge in [0, 0.05) is 61.0 Å². The number of nitrogens with zero attached hydrogens (tertiary/aromatic N) is 4. The van der Waals surface area contributed by atoms with Gasteiger partial charge in [-0.3, -0.25) is 9.88 Å². The number of ether oxygens (including phenoxy) is 3. The van der Waals surface area contributed by atoms with Gasteiger partial charge in [0.2, 0.25) is 0 Å². The van der Waals surface area contributed by atoms with Crippen molar-refractivity contribution in [3.05, 3.63) is 42.7 Å². The van der Waals surface area contributed by atoms with Crippen LogP contribution >= 0.6 is 0 Å². The van der Waals surface area contributed by atoms with Crippen LogP contribution in [0.15, 0.2) is 42.7 Å². The summed E-state index contributed by atoms with van der Waals surface area (Å²) in [6.45, 7) is 5.36. The maximum atomic E-state index is 6.33. The third kappa shape index (κ3) is 4.40. The summed E-state index contributed by atoms with van der Waals surface area (Å²) in [5.74, 6) is 2.52. The van der Waals surface area contributed by atoms with Crippen LogP contribution in [0.4, 0.5) is 11.6 Å². The third-order valence-electron chi connectivity index (χ3n) is 6.11. The Balaban J connectivity index is 1.42. The van der Waals surface area contributed by atoms with Gasteiger partial charge < -0.3 is 25.3 Å². The number of aromatic nitrogens is 3. The maximum Gasteiger partial charge on any atom is 0.162 e. The van der Waals surface area contributed by atoms with Crippen LogP contribution in [0.5, 0.6) is 11.5 Å². The molecule has 0 atom stereocenters. The number of pyridine rings is 3. The van der Waals surface area contributed by atoms with E-state index in [2.05, 4.69) is 25.2 Å². The van der Waals surface area contributed by atoms with E-state index in [1.54, 1.807) is 20.4 Å². The van der Waals surface area contributed by atoms with Crippen molar-refractivity contribution in [3.63, 3.8) is 0 Å². The van der Waals surface area contributed by atoms with Crippen molar-refractivity contribution in [2.75, 3.05) is 64.7 Å². The van der Waals surface area contributed by atoms with E-state index in [9.17, 15) is 0 Å². The van der Waals surface area contributed by atoms with Crippen molar-refractivity contribution in [3.8, 4) is 22.8 Å². The summed E-state index contributed by atoms with van der Waals surface area (Å²) in [4.78, 5) is 16.1. The number of nitrogen functional groups attached to an aromatic ring is 1. The van der Waals surface area contributed by atoms with E-state index in [1.165, 1.54) is 0 Å². The first-order valence-electron chi connectivity index (χ1n) is 11.3. The third-order valence-corrected chi connectivity index (χ3v) is 6.11. The minimum absolute atomic E-state index is 0.421. The number of rotatable bonds is 7. The van der Waals surface area contributed by atoms with E-state index in [4.69, 9.17) is 19.9 Å². The van der Waals surface area contributed by atoms with Gasteiger partial charge in [-0.25, -0.2) is 9.97 Å². The lowest BCUT2D eigenvalue weighted by atomic mass is 10.0. The highest BCUT2D eigenvalue weighted by Gasteiger charge is 2.14. The van der Waals surface area contributed by atoms with Crippen LogP contribution in [0, 0.1) is 0 Å². The van der Waals surface area contributed by atoms with Gasteiger partial charge >= 0.3 is 0 Å². The molecule has 4 aromatic rings. The smallest absolute Gasteiger partial charge is 0.162 e. The lowest BCUT2D eigenvalue weighted by Gasteiger charge is -2.26. The van der Waals surface area contributed by atoms with Gasteiger partial charge in [-0.05, 0) is 29.7 Å². The first-order chi connectivity index (χ1) is 16.7. The van der Waals surface area contributed by atoms with Crippen LogP contribution in [0.3, 0.4) is 0 Å². The zero-order chi connectivity index (χ0) is 23.5. The summed E-state index contributed by atoms with van der Waals surface area (Å²) in [6.07, 6.45) is 3.56. The van der Waals surface area contributed by atoms with Crippen LogP contribution in [-0.4, -0.2) is 73.5 Å². The van der Waals surface area contributed by atoms with E-state index in [1.807, 2.05) is 36.5 Å². The van der Waals surface area contributed by atoms with Crippen molar-refractivity contribution in [2.24, 2.45) is 0 Å². The van der Waals surface area contributed by atoms with E-state index < -0.39 is 0 Å². The van der Waals surface area contributed by atoms with Crippen molar-refractivity contribution < 1.29 is 14.2 Å². The van der Waals surface area contributed by atoms with Gasteiger partial charge in [0.05, 0.1) is 38.6 Å². The van der Waals surface area contributed by atoms with Gasteiger partial charge in [-0.1, -0.05) is 0 Å². The molecule has 1 fully saturated rings. The summed E-state index contributed by atoms with van der Waals surface area (Å²) >= 11 is 0. The maximum absolute atomic E-state index is 6.33. The van der Waals surface area contributed by atoms with Crippen LogP contribution in [0.1, 0.15) is 0 Å². The molecule has 3 aromatic heterocycles. The fourth-order valence-electron chi connectivity index (χ4n) is 4.22. The Labute approximate surface area is 197 Å². The molecule has 176 valence electrons. The quantitative estimate of drug-likeness (QED) is 0.402. The van der Waals surface area contributed by atoms with Crippen LogP contribution in [0.25, 0.3) is 32.9 Å². The summed E-state index contributed by atoms with van der Waals surface area (Å²) in [6, 6.07) is 9.78. The molecule has 5 rings (SSSR count). The average molecular weight is 461 g/mol. The number of methoxy groups -OCH3 is 2. The van der Waals surface area contributed by atoms with E-state index >= 15 is 0 Å². The molecular formula is C25H28N6O3. The highest BCUT2D eigenvalue weighted by Crippen LogP contribution is 2.36. The topological polar surface area (TPSA) is 108 Å². The van der Waals surface area contributed by atoms with Crippen LogP contribution in [0.2, 0.25) is 0 Å². The predicted molar refractivity (Wildman–Crippen MR) is 134 cm³/mol. The Morgan fingerprint density at radius 3 is 2.50 bits per heavy atom. The lowest BCUT2D eigenvalue weighted by Crippen LogP contribution is -2.39. The number of benzene rings is 1. The van der Waals surface area contributed by atoms with Crippen molar-refractivity contribution >= 4 is 33.3 Å². The minimum Gasteiger partial charge on any atom is -0.493 e. The number of nitrogens with two attached hydrogens (primary N) is 1. The van der Waals surface area contributed by atoms with Crippen molar-refractivity contribution in [2.45, 2.75) is 0 Å². The number of nitrogens with one attached hydrogen (secondary N) is 1. The molecule has 1 aliphatic rings. The Morgan fingerprint density at radius 2 is 1.76 bits per heavy atom. The van der Waals surface area contributed by atoms with Gasteiger partial charge in [0.1, 0.15) is 11.6 Å². The molecule has 1 aromatic carbocycles. The highest BCUT2D eigenvalue weighted by molar-refractivity contribution is 6.10. The van der Waals surface area contributed by atoms with Crippen molar-refractivity contribution in [1.82, 2.24) is 19.9 Å². The molecule has 9 nitrogen and oxygen atoms in total. The van der Waals surface area contributed by atoms with Crippen LogP contribution in [-0.2, 0) is 4.74 Å². The molecule has 0 aliphatic carbocycles. The first kappa shape index (κ1) is 22.1. The Hall–Kier alpha value is -3.69. The summed E-state index contributed by atoms with van der Waals surface area (Å²) in [7, 11) is 3.23. The van der Waals surface area contributed by atoms with Gasteiger partial charge in [-0.15, -0.1) is 0 Å². The van der Waals surface area contributed by atoms with Gasteiger partial charge in [-0.2, -0.15) is 0 Å². The first-order valence-corrected chi connectivity index (χ1v) is 11.3. The SMILES string of the molecule is COc1cc2ncc3c(N)nc(-c4ccc(NCCN5CCOCC5)nc4)cc3c2cc1OC. The molecule has 0 radical (unpaired) electrons. The zero-order valence-corrected chi connectivity index (χ0v) is 19.4. The second-order valence-electron chi connectivity index (χ2n) is 8.15. The molecular weight excluding hydrogens is 432 g/mol. The lowest BCUT2D eigenvalue weighted by molar-refractivity contribution is 0.0398. The van der Waals surface area contributed by atoms with Gasteiger partial charge in [0.15, 0.2) is 11.5 Å². The molecule has 9 heteroatoms. The highest BCUT2D eigenvalue weighted by atomic mass is 16.5. The molecule has 0 bridgehead atoms. The number of hydrogen-bond acceptors (Lipinski definition) is 9. The molecule has 4 heterocycles. The molecule has 0 amide bonds. The molecule has 0 unspecified atom stereocenters. The molecule has 34 heavy (non-hydrogen) atoms. The second kappa shape index (κ2) is 9.66. The Morgan fingerprint density at radius 1 is 0.971 bits per heavy atom. The number of fused-ring (bicyclic) bond motifs is 3. The number of anilines is 2. The monoisotopic (exact) mass is 460 g/mol. The number of morpholine rings is 1. The predicted octanol–water partition coefficient (Wildman–Crippen LogP) is 3.19. The van der Waals surface area contributed by atoms with Crippen molar-refractivity contribution in [1.29, 1.82) is 0 Å². The number of hydrogen-bond donors (Lipinski definition) is 2. The fraction of sp³-hybridized carbons (Fsp3) is 0.320. The summed E-state index contributed by atoms with van der Waals surface area (Å²) in [5, 5.41) is 6.04. The van der Waals surface area contributed by atoms with E-state index in [0.717, 1.165) is 78.1 Å². The molecule has 1 saturated heterocycles. The largest absolute Gasteiger partial charge is 0.493 e. The Bertz CT molecular complexity index is 1310. The zero-order valence-electron chi connectivity index (χ0n) is 19.4. The standard InChI is InChI=1S/C25H28N6O3/c1-32-22-12-18-17-11-20(30-25(26)19(17)15-28-21(18)13-23(22)33-2)16-3-4-24(29-14-16)27-5-6-31-7-9-34-10-8-31/h3-4,11-15H,5-10H2,1-2H3,(H2,26,30)(H,27,29). The van der Waals surface area contributed by atoms with E-state index in [0.29, 0.717) is 17.3 Å². The summed E-state index contributed by atoms with van der Waals surface area (Å²) in [5.41, 5.74) is 8.75. The normalized spacial score (nSPS) is 14.4. The summed E-state index contributed by atoms with van der Waals surface area (Å²) < 4.78 is 16.3. The molecule has 0 spiro atoms. The minimum atomic E-state index is 0.421. The van der Waals surface area contributed by atoms with E-state index in [-0.39, 0.29) is 0 Å².